The number of nitrogens with one attached hydrogen (secondary N) is 1. The summed E-state index contributed by atoms with van der Waals surface area (Å²) in [7, 11) is 3.71. The average Bonchev–Trinajstić information content (AvgIpc) is 2.95. The molecule has 2 aromatic carbocycles. The van der Waals surface area contributed by atoms with Crippen molar-refractivity contribution in [3.05, 3.63) is 53.6 Å². The maximum absolute atomic E-state index is 12.5. The first-order chi connectivity index (χ1) is 12.6. The van der Waals surface area contributed by atoms with Gasteiger partial charge in [0.05, 0.1) is 18.9 Å². The highest BCUT2D eigenvalue weighted by atomic mass is 16.5. The van der Waals surface area contributed by atoms with Gasteiger partial charge in [0.1, 0.15) is 5.75 Å². The summed E-state index contributed by atoms with van der Waals surface area (Å²) >= 11 is 0. The van der Waals surface area contributed by atoms with Crippen LogP contribution in [0, 0.1) is 0 Å². The van der Waals surface area contributed by atoms with Crippen molar-refractivity contribution in [1.82, 2.24) is 0 Å². The zero-order chi connectivity index (χ0) is 18.5. The fraction of sp³-hybridized carbons (Fsp3) is 0.286. The second-order valence-electron chi connectivity index (χ2n) is 6.13. The van der Waals surface area contributed by atoms with Gasteiger partial charge in [-0.15, -0.1) is 0 Å². The molecule has 0 unspecified atom stereocenters. The van der Waals surface area contributed by atoms with Crippen molar-refractivity contribution in [3.63, 3.8) is 0 Å². The minimum absolute atomic E-state index is 0.0944. The molecule has 26 heavy (non-hydrogen) atoms. The number of nitrogens with zero attached hydrogens (tertiary/aromatic N) is 1. The van der Waals surface area contributed by atoms with E-state index in [2.05, 4.69) is 10.2 Å². The second-order valence-corrected chi connectivity index (χ2v) is 6.13. The van der Waals surface area contributed by atoms with E-state index in [0.29, 0.717) is 18.8 Å². The smallest absolute Gasteiger partial charge is 0.256 e. The molecule has 0 saturated carbocycles. The molecule has 1 N–H and O–H groups in total. The van der Waals surface area contributed by atoms with Crippen LogP contribution in [0.3, 0.4) is 0 Å². The Kier molecular flexibility index (Phi) is 5.58. The van der Waals surface area contributed by atoms with Gasteiger partial charge >= 0.3 is 0 Å². The first-order valence-corrected chi connectivity index (χ1v) is 8.73. The summed E-state index contributed by atoms with van der Waals surface area (Å²) in [5.74, 6) is 0.662. The number of para-hydroxylation sites is 1. The number of hydrogen-bond acceptors (Lipinski definition) is 4. The third-order valence-corrected chi connectivity index (χ3v) is 4.36. The van der Waals surface area contributed by atoms with Crippen LogP contribution in [0.1, 0.15) is 18.1 Å². The molecule has 1 aliphatic rings. The lowest BCUT2D eigenvalue weighted by molar-refractivity contribution is -0.110. The molecule has 0 atom stereocenters. The fourth-order valence-corrected chi connectivity index (χ4v) is 3.03. The molecule has 136 valence electrons. The van der Waals surface area contributed by atoms with Crippen LogP contribution in [-0.4, -0.2) is 39.8 Å². The first kappa shape index (κ1) is 18.0. The predicted molar refractivity (Wildman–Crippen MR) is 106 cm³/mol. The van der Waals surface area contributed by atoms with Crippen LogP contribution in [0.4, 0.5) is 11.4 Å². The van der Waals surface area contributed by atoms with E-state index >= 15 is 0 Å². The first-order valence-electron chi connectivity index (χ1n) is 8.73. The lowest BCUT2D eigenvalue weighted by atomic mass is 10.0. The zero-order valence-electron chi connectivity index (χ0n) is 15.4. The van der Waals surface area contributed by atoms with E-state index in [1.807, 2.05) is 62.5 Å². The molecular weight excluding hydrogens is 328 g/mol. The van der Waals surface area contributed by atoms with Crippen molar-refractivity contribution in [1.29, 1.82) is 0 Å². The van der Waals surface area contributed by atoms with E-state index in [-0.39, 0.29) is 5.91 Å². The van der Waals surface area contributed by atoms with Crippen molar-refractivity contribution >= 4 is 28.9 Å². The fourth-order valence-electron chi connectivity index (χ4n) is 3.03. The minimum Gasteiger partial charge on any atom is -0.494 e. The van der Waals surface area contributed by atoms with Crippen LogP contribution in [0.25, 0.3) is 11.6 Å². The van der Waals surface area contributed by atoms with Crippen LogP contribution in [0.2, 0.25) is 0 Å². The molecule has 0 spiro atoms. The Morgan fingerprint density at radius 3 is 2.77 bits per heavy atom. The van der Waals surface area contributed by atoms with Gasteiger partial charge < -0.3 is 19.7 Å². The minimum atomic E-state index is -0.0944. The van der Waals surface area contributed by atoms with Gasteiger partial charge in [0.2, 0.25) is 0 Å². The predicted octanol–water partition coefficient (Wildman–Crippen LogP) is 3.66. The van der Waals surface area contributed by atoms with Crippen molar-refractivity contribution in [2.75, 3.05) is 44.1 Å². The van der Waals surface area contributed by atoms with E-state index in [1.54, 1.807) is 7.11 Å². The van der Waals surface area contributed by atoms with E-state index in [0.717, 1.165) is 34.8 Å². The molecule has 5 heteroatoms. The van der Waals surface area contributed by atoms with Gasteiger partial charge in [0.15, 0.2) is 0 Å². The Bertz CT molecular complexity index is 830. The number of ether oxygens (including phenoxy) is 2. The second kappa shape index (κ2) is 8.06. The number of methoxy groups -OCH3 is 1. The Morgan fingerprint density at radius 1 is 1.19 bits per heavy atom. The van der Waals surface area contributed by atoms with Gasteiger partial charge in [-0.2, -0.15) is 0 Å². The Labute approximate surface area is 154 Å². The summed E-state index contributed by atoms with van der Waals surface area (Å²) in [5, 5.41) is 2.93. The van der Waals surface area contributed by atoms with Gasteiger partial charge in [-0.25, -0.2) is 0 Å². The summed E-state index contributed by atoms with van der Waals surface area (Å²) in [5.41, 5.74) is 4.41. The zero-order valence-corrected chi connectivity index (χ0v) is 15.4. The van der Waals surface area contributed by atoms with Crippen LogP contribution >= 0.6 is 0 Å². The highest BCUT2D eigenvalue weighted by molar-refractivity contribution is 6.35. The molecule has 0 aliphatic carbocycles. The third-order valence-electron chi connectivity index (χ3n) is 4.36. The number of amides is 1. The Balaban J connectivity index is 1.96. The molecule has 0 fully saturated rings. The topological polar surface area (TPSA) is 50.8 Å². The van der Waals surface area contributed by atoms with E-state index in [1.165, 1.54) is 0 Å². The van der Waals surface area contributed by atoms with Crippen molar-refractivity contribution in [2.24, 2.45) is 0 Å². The molecule has 0 bridgehead atoms. The molecule has 5 nitrogen and oxygen atoms in total. The molecule has 3 rings (SSSR count). The number of fused-ring (bicyclic) bond motifs is 1. The summed E-state index contributed by atoms with van der Waals surface area (Å²) in [6.07, 6.45) is 1.94. The number of carbonyl (C=O) groups is 1. The van der Waals surface area contributed by atoms with Gasteiger partial charge in [-0.05, 0) is 36.8 Å². The van der Waals surface area contributed by atoms with Crippen LogP contribution < -0.4 is 15.0 Å². The number of benzene rings is 2. The largest absolute Gasteiger partial charge is 0.494 e. The number of likely N-dealkylation sites (N-methyl/N-ethyl adjacent to an activating group) is 1. The molecular formula is C21H24N2O3. The van der Waals surface area contributed by atoms with Crippen LogP contribution in [-0.2, 0) is 9.53 Å². The highest BCUT2D eigenvalue weighted by Gasteiger charge is 2.25. The van der Waals surface area contributed by atoms with Crippen molar-refractivity contribution < 1.29 is 14.3 Å². The van der Waals surface area contributed by atoms with Gasteiger partial charge in [0.25, 0.3) is 5.91 Å². The molecule has 0 radical (unpaired) electrons. The monoisotopic (exact) mass is 352 g/mol. The SMILES string of the molecule is CCOc1ccc2c(c1)NC(=O)C2=Cc1ccccc1N(C)CCOC. The number of rotatable bonds is 7. The van der Waals surface area contributed by atoms with Crippen molar-refractivity contribution in [3.8, 4) is 5.75 Å². The molecule has 2 aromatic rings. The summed E-state index contributed by atoms with van der Waals surface area (Å²) in [6.45, 7) is 3.95. The highest BCUT2D eigenvalue weighted by Crippen LogP contribution is 2.36. The molecule has 1 heterocycles. The standard InChI is InChI=1S/C21H24N2O3/c1-4-26-16-9-10-17-18(21(24)22-19(17)14-16)13-15-7-5-6-8-20(15)23(2)11-12-25-3/h5-10,13-14H,4,11-12H2,1-3H3,(H,22,24). The maximum Gasteiger partial charge on any atom is 0.256 e. The van der Waals surface area contributed by atoms with E-state index in [4.69, 9.17) is 9.47 Å². The lowest BCUT2D eigenvalue weighted by Crippen LogP contribution is -2.22. The van der Waals surface area contributed by atoms with Gasteiger partial charge in [-0.3, -0.25) is 4.79 Å². The molecule has 0 aromatic heterocycles. The molecule has 1 amide bonds. The summed E-state index contributed by atoms with van der Waals surface area (Å²) < 4.78 is 10.7. The van der Waals surface area contributed by atoms with Crippen LogP contribution in [0.15, 0.2) is 42.5 Å². The van der Waals surface area contributed by atoms with Crippen molar-refractivity contribution in [2.45, 2.75) is 6.92 Å². The quantitative estimate of drug-likeness (QED) is 0.773. The van der Waals surface area contributed by atoms with Gasteiger partial charge in [-0.1, -0.05) is 18.2 Å². The number of anilines is 2. The average molecular weight is 352 g/mol. The van der Waals surface area contributed by atoms with E-state index in [9.17, 15) is 4.79 Å². The summed E-state index contributed by atoms with van der Waals surface area (Å²) in [4.78, 5) is 14.6. The summed E-state index contributed by atoms with van der Waals surface area (Å²) in [6, 6.07) is 13.7. The number of carbonyl (C=O) groups excluding carboxylic acids is 1. The Morgan fingerprint density at radius 2 is 2.00 bits per heavy atom. The Hall–Kier alpha value is -2.79. The normalized spacial score (nSPS) is 14.3. The van der Waals surface area contributed by atoms with Gasteiger partial charge in [0, 0.05) is 43.6 Å². The van der Waals surface area contributed by atoms with Crippen LogP contribution in [0.5, 0.6) is 5.75 Å². The molecule has 0 saturated heterocycles. The van der Waals surface area contributed by atoms with E-state index < -0.39 is 0 Å². The number of hydrogen-bond donors (Lipinski definition) is 1. The molecule has 1 aliphatic heterocycles. The third kappa shape index (κ3) is 3.73. The lowest BCUT2D eigenvalue weighted by Gasteiger charge is -2.21. The maximum atomic E-state index is 12.5.